The molecule has 132 valence electrons. The summed E-state index contributed by atoms with van der Waals surface area (Å²) in [6.07, 6.45) is 1.67. The second-order valence-corrected chi connectivity index (χ2v) is 7.59. The fourth-order valence-corrected chi connectivity index (χ4v) is 3.15. The number of ether oxygens (including phenoxy) is 1. The number of hydrogen-bond acceptors (Lipinski definition) is 3. The number of nitrogens with one attached hydrogen (secondary N) is 2. The standard InChI is InChI=1S/C19H28N2O3/c1-19(2,3)20-17(22)13-21-11-9-15(10-12-21)18(23)14-5-7-16(24-4)8-6-14/h5-8,15H,9-13H2,1-4H3,(H,20,22)/p+1. The molecule has 1 aliphatic heterocycles. The number of rotatable bonds is 5. The van der Waals surface area contributed by atoms with Gasteiger partial charge < -0.3 is 15.0 Å². The molecule has 0 atom stereocenters. The van der Waals surface area contributed by atoms with Gasteiger partial charge in [-0.3, -0.25) is 9.59 Å². The van der Waals surface area contributed by atoms with Crippen LogP contribution in [0.15, 0.2) is 24.3 Å². The lowest BCUT2D eigenvalue weighted by Crippen LogP contribution is -3.14. The summed E-state index contributed by atoms with van der Waals surface area (Å²) in [6.45, 7) is 8.18. The van der Waals surface area contributed by atoms with E-state index in [1.807, 2.05) is 45.0 Å². The molecule has 2 N–H and O–H groups in total. The molecule has 0 aromatic heterocycles. The Hall–Kier alpha value is -1.88. The van der Waals surface area contributed by atoms with Crippen molar-refractivity contribution >= 4 is 11.7 Å². The molecule has 0 bridgehead atoms. The van der Waals surface area contributed by atoms with Gasteiger partial charge in [0.2, 0.25) is 0 Å². The van der Waals surface area contributed by atoms with Crippen LogP contribution in [-0.4, -0.2) is 44.0 Å². The Bertz CT molecular complexity index is 567. The monoisotopic (exact) mass is 333 g/mol. The molecule has 1 heterocycles. The van der Waals surface area contributed by atoms with Gasteiger partial charge >= 0.3 is 0 Å². The Morgan fingerprint density at radius 2 is 1.75 bits per heavy atom. The Balaban J connectivity index is 1.83. The fraction of sp³-hybridized carbons (Fsp3) is 0.579. The summed E-state index contributed by atoms with van der Waals surface area (Å²) in [6, 6.07) is 7.31. The lowest BCUT2D eigenvalue weighted by Gasteiger charge is -2.29. The van der Waals surface area contributed by atoms with Crippen molar-refractivity contribution in [2.45, 2.75) is 39.2 Å². The molecule has 5 heteroatoms. The van der Waals surface area contributed by atoms with E-state index >= 15 is 0 Å². The Labute approximate surface area is 144 Å². The molecule has 1 fully saturated rings. The molecule has 0 radical (unpaired) electrons. The number of piperidine rings is 1. The Kier molecular flexibility index (Phi) is 5.99. The van der Waals surface area contributed by atoms with Crippen molar-refractivity contribution in [1.29, 1.82) is 0 Å². The quantitative estimate of drug-likeness (QED) is 0.793. The lowest BCUT2D eigenvalue weighted by molar-refractivity contribution is -0.897. The molecule has 1 aromatic carbocycles. The molecule has 1 amide bonds. The van der Waals surface area contributed by atoms with Crippen molar-refractivity contribution < 1.29 is 19.2 Å². The van der Waals surface area contributed by atoms with Crippen LogP contribution >= 0.6 is 0 Å². The highest BCUT2D eigenvalue weighted by atomic mass is 16.5. The van der Waals surface area contributed by atoms with Crippen LogP contribution in [0.2, 0.25) is 0 Å². The highest BCUT2D eigenvalue weighted by Gasteiger charge is 2.29. The summed E-state index contributed by atoms with van der Waals surface area (Å²) in [5.74, 6) is 1.11. The van der Waals surface area contributed by atoms with E-state index < -0.39 is 0 Å². The molecule has 2 rings (SSSR count). The zero-order valence-electron chi connectivity index (χ0n) is 15.1. The highest BCUT2D eigenvalue weighted by Crippen LogP contribution is 2.19. The maximum absolute atomic E-state index is 12.6. The van der Waals surface area contributed by atoms with Crippen LogP contribution in [0.3, 0.4) is 0 Å². The van der Waals surface area contributed by atoms with Crippen LogP contribution in [0.5, 0.6) is 5.75 Å². The van der Waals surface area contributed by atoms with Crippen LogP contribution in [0.4, 0.5) is 0 Å². The van der Waals surface area contributed by atoms with Gasteiger partial charge in [0, 0.05) is 29.9 Å². The van der Waals surface area contributed by atoms with E-state index in [2.05, 4.69) is 5.32 Å². The molecule has 0 spiro atoms. The summed E-state index contributed by atoms with van der Waals surface area (Å²) >= 11 is 0. The SMILES string of the molecule is COc1ccc(C(=O)C2CC[NH+](CC(=O)NC(C)(C)C)CC2)cc1. The van der Waals surface area contributed by atoms with E-state index in [0.29, 0.717) is 6.54 Å². The minimum Gasteiger partial charge on any atom is -0.497 e. The summed E-state index contributed by atoms with van der Waals surface area (Å²) in [5, 5.41) is 3.00. The van der Waals surface area contributed by atoms with Gasteiger partial charge in [0.1, 0.15) is 5.75 Å². The largest absolute Gasteiger partial charge is 0.497 e. The number of carbonyl (C=O) groups excluding carboxylic acids is 2. The number of methoxy groups -OCH3 is 1. The second-order valence-electron chi connectivity index (χ2n) is 7.59. The van der Waals surface area contributed by atoms with Gasteiger partial charge in [-0.25, -0.2) is 0 Å². The molecule has 1 saturated heterocycles. The van der Waals surface area contributed by atoms with Crippen LogP contribution in [-0.2, 0) is 4.79 Å². The summed E-state index contributed by atoms with van der Waals surface area (Å²) < 4.78 is 5.13. The molecule has 1 aliphatic rings. The fourth-order valence-electron chi connectivity index (χ4n) is 3.15. The first-order valence-electron chi connectivity index (χ1n) is 8.61. The van der Waals surface area contributed by atoms with E-state index in [1.54, 1.807) is 7.11 Å². The van der Waals surface area contributed by atoms with Crippen LogP contribution in [0, 0.1) is 5.92 Å². The molecular formula is C19H29N2O3+. The third-order valence-electron chi connectivity index (χ3n) is 4.36. The predicted molar refractivity (Wildman–Crippen MR) is 93.5 cm³/mol. The normalized spacial score (nSPS) is 21.2. The summed E-state index contributed by atoms with van der Waals surface area (Å²) in [7, 11) is 1.62. The average Bonchev–Trinajstić information content (AvgIpc) is 2.53. The van der Waals surface area contributed by atoms with E-state index in [1.165, 1.54) is 4.90 Å². The minimum absolute atomic E-state index is 0.0628. The topological polar surface area (TPSA) is 59.8 Å². The van der Waals surface area contributed by atoms with Crippen LogP contribution < -0.4 is 15.0 Å². The van der Waals surface area contributed by atoms with Gasteiger partial charge in [0.15, 0.2) is 12.3 Å². The Morgan fingerprint density at radius 3 is 2.25 bits per heavy atom. The molecule has 0 saturated carbocycles. The average molecular weight is 333 g/mol. The van der Waals surface area contributed by atoms with Crippen molar-refractivity contribution in [2.24, 2.45) is 5.92 Å². The van der Waals surface area contributed by atoms with Crippen molar-refractivity contribution in [3.8, 4) is 5.75 Å². The van der Waals surface area contributed by atoms with E-state index in [4.69, 9.17) is 4.74 Å². The first-order chi connectivity index (χ1) is 11.3. The number of quaternary nitrogens is 1. The molecule has 0 aliphatic carbocycles. The van der Waals surface area contributed by atoms with E-state index in [9.17, 15) is 9.59 Å². The molecular weight excluding hydrogens is 304 g/mol. The lowest BCUT2D eigenvalue weighted by atomic mass is 9.89. The maximum atomic E-state index is 12.6. The molecule has 24 heavy (non-hydrogen) atoms. The zero-order valence-corrected chi connectivity index (χ0v) is 15.1. The smallest absolute Gasteiger partial charge is 0.275 e. The minimum atomic E-state index is -0.195. The number of benzene rings is 1. The molecule has 1 aromatic rings. The van der Waals surface area contributed by atoms with E-state index in [0.717, 1.165) is 37.2 Å². The third-order valence-corrected chi connectivity index (χ3v) is 4.36. The molecule has 5 nitrogen and oxygen atoms in total. The maximum Gasteiger partial charge on any atom is 0.275 e. The van der Waals surface area contributed by atoms with Crippen molar-refractivity contribution in [3.05, 3.63) is 29.8 Å². The first-order valence-corrected chi connectivity index (χ1v) is 8.61. The van der Waals surface area contributed by atoms with E-state index in [-0.39, 0.29) is 23.1 Å². The van der Waals surface area contributed by atoms with Gasteiger partial charge in [-0.05, 0) is 45.0 Å². The van der Waals surface area contributed by atoms with Gasteiger partial charge in [0.05, 0.1) is 20.2 Å². The number of Topliss-reactive ketones (excluding diaryl/α,β-unsaturated/α-hetero) is 1. The predicted octanol–water partition coefficient (Wildman–Crippen LogP) is 1.09. The number of carbonyl (C=O) groups is 2. The van der Waals surface area contributed by atoms with Gasteiger partial charge in [0.25, 0.3) is 5.91 Å². The summed E-state index contributed by atoms with van der Waals surface area (Å²) in [4.78, 5) is 25.9. The number of amides is 1. The third kappa shape index (κ3) is 5.34. The second kappa shape index (κ2) is 7.79. The first kappa shape index (κ1) is 18.5. The highest BCUT2D eigenvalue weighted by molar-refractivity contribution is 5.98. The van der Waals surface area contributed by atoms with Gasteiger partial charge in [-0.15, -0.1) is 0 Å². The Morgan fingerprint density at radius 1 is 1.17 bits per heavy atom. The number of likely N-dealkylation sites (tertiary alicyclic amines) is 1. The zero-order chi connectivity index (χ0) is 17.7. The van der Waals surface area contributed by atoms with Gasteiger partial charge in [-0.2, -0.15) is 0 Å². The van der Waals surface area contributed by atoms with Gasteiger partial charge in [-0.1, -0.05) is 0 Å². The van der Waals surface area contributed by atoms with Crippen LogP contribution in [0.25, 0.3) is 0 Å². The number of ketones is 1. The van der Waals surface area contributed by atoms with Crippen molar-refractivity contribution in [2.75, 3.05) is 26.7 Å². The summed E-state index contributed by atoms with van der Waals surface area (Å²) in [5.41, 5.74) is 0.550. The van der Waals surface area contributed by atoms with Crippen molar-refractivity contribution in [1.82, 2.24) is 5.32 Å². The van der Waals surface area contributed by atoms with Crippen LogP contribution in [0.1, 0.15) is 44.0 Å². The molecule has 0 unspecified atom stereocenters. The number of hydrogen-bond donors (Lipinski definition) is 2. The van der Waals surface area contributed by atoms with Crippen molar-refractivity contribution in [3.63, 3.8) is 0 Å².